The van der Waals surface area contributed by atoms with Crippen molar-refractivity contribution in [2.45, 2.75) is 6.42 Å². The lowest BCUT2D eigenvalue weighted by Gasteiger charge is -2.03. The van der Waals surface area contributed by atoms with E-state index in [-0.39, 0.29) is 12.0 Å². The minimum Gasteiger partial charge on any atom is -0.302 e. The minimum atomic E-state index is -0.739. The maximum atomic E-state index is 13.5. The topological polar surface area (TPSA) is 54.9 Å². The quantitative estimate of drug-likeness (QED) is 0.794. The van der Waals surface area contributed by atoms with E-state index >= 15 is 0 Å². The molecule has 1 amide bonds. The Kier molecular flexibility index (Phi) is 4.38. The van der Waals surface area contributed by atoms with Gasteiger partial charge in [-0.05, 0) is 23.8 Å². The van der Waals surface area contributed by atoms with Crippen molar-refractivity contribution in [1.29, 1.82) is 0 Å². The van der Waals surface area contributed by atoms with Gasteiger partial charge >= 0.3 is 0 Å². The molecular formula is C16H11F2N3OS. The summed E-state index contributed by atoms with van der Waals surface area (Å²) in [5.74, 6) is -1.82. The molecule has 3 aromatic rings. The highest BCUT2D eigenvalue weighted by Crippen LogP contribution is 2.24. The summed E-state index contributed by atoms with van der Waals surface area (Å²) in [5.41, 5.74) is 1.75. The lowest BCUT2D eigenvalue weighted by molar-refractivity contribution is -0.115. The van der Waals surface area contributed by atoms with E-state index in [2.05, 4.69) is 15.3 Å². The summed E-state index contributed by atoms with van der Waals surface area (Å²) in [5, 5.41) is 4.84. The van der Waals surface area contributed by atoms with Gasteiger partial charge in [-0.25, -0.2) is 13.8 Å². The van der Waals surface area contributed by atoms with Gasteiger partial charge in [0.1, 0.15) is 11.6 Å². The second-order valence-electron chi connectivity index (χ2n) is 4.73. The highest BCUT2D eigenvalue weighted by Gasteiger charge is 2.11. The highest BCUT2D eigenvalue weighted by atomic mass is 32.1. The number of anilines is 1. The van der Waals surface area contributed by atoms with Gasteiger partial charge in [0.15, 0.2) is 5.13 Å². The van der Waals surface area contributed by atoms with E-state index in [4.69, 9.17) is 0 Å². The monoisotopic (exact) mass is 331 g/mol. The summed E-state index contributed by atoms with van der Waals surface area (Å²) in [6, 6.07) is 6.77. The summed E-state index contributed by atoms with van der Waals surface area (Å²) in [6.45, 7) is 0. The third-order valence-corrected chi connectivity index (χ3v) is 3.85. The number of rotatable bonds is 4. The van der Waals surface area contributed by atoms with Crippen LogP contribution in [0.1, 0.15) is 5.56 Å². The Bertz CT molecular complexity index is 836. The molecule has 0 aliphatic heterocycles. The summed E-state index contributed by atoms with van der Waals surface area (Å²) in [7, 11) is 0. The van der Waals surface area contributed by atoms with Gasteiger partial charge in [0.05, 0.1) is 12.1 Å². The number of carbonyl (C=O) groups is 1. The van der Waals surface area contributed by atoms with Crippen LogP contribution in [-0.4, -0.2) is 15.9 Å². The van der Waals surface area contributed by atoms with Crippen LogP contribution in [0.5, 0.6) is 0 Å². The van der Waals surface area contributed by atoms with Crippen molar-refractivity contribution >= 4 is 22.4 Å². The van der Waals surface area contributed by atoms with Crippen LogP contribution in [0.25, 0.3) is 11.3 Å². The fraction of sp³-hybridized carbons (Fsp3) is 0.0625. The molecule has 0 aliphatic rings. The van der Waals surface area contributed by atoms with Crippen molar-refractivity contribution in [2.75, 3.05) is 5.32 Å². The van der Waals surface area contributed by atoms with E-state index in [1.807, 2.05) is 17.5 Å². The zero-order valence-electron chi connectivity index (χ0n) is 11.8. The number of hydrogen-bond donors (Lipinski definition) is 1. The molecule has 1 aromatic carbocycles. The fourth-order valence-corrected chi connectivity index (χ4v) is 2.72. The van der Waals surface area contributed by atoms with Crippen LogP contribution in [-0.2, 0) is 11.2 Å². The maximum absolute atomic E-state index is 13.5. The van der Waals surface area contributed by atoms with E-state index in [0.29, 0.717) is 5.13 Å². The number of aromatic nitrogens is 2. The summed E-state index contributed by atoms with van der Waals surface area (Å²) < 4.78 is 26.4. The van der Waals surface area contributed by atoms with Crippen molar-refractivity contribution in [2.24, 2.45) is 0 Å². The molecular weight excluding hydrogens is 320 g/mol. The molecule has 2 aromatic heterocycles. The first-order valence-corrected chi connectivity index (χ1v) is 7.59. The molecule has 0 fully saturated rings. The van der Waals surface area contributed by atoms with Gasteiger partial charge < -0.3 is 5.32 Å². The van der Waals surface area contributed by atoms with Gasteiger partial charge in [-0.15, -0.1) is 11.3 Å². The van der Waals surface area contributed by atoms with Gasteiger partial charge in [-0.3, -0.25) is 9.78 Å². The molecule has 0 saturated heterocycles. The summed E-state index contributed by atoms with van der Waals surface area (Å²) in [6.07, 6.45) is 3.13. The zero-order chi connectivity index (χ0) is 16.2. The SMILES string of the molecule is O=C(Cc1ccc(F)cc1F)Nc1nc(-c2ccncc2)cs1. The number of nitrogens with one attached hydrogen (secondary N) is 1. The van der Waals surface area contributed by atoms with Crippen molar-refractivity contribution < 1.29 is 13.6 Å². The molecule has 1 N–H and O–H groups in total. The fourth-order valence-electron chi connectivity index (χ4n) is 1.99. The van der Waals surface area contributed by atoms with Crippen molar-refractivity contribution in [1.82, 2.24) is 9.97 Å². The maximum Gasteiger partial charge on any atom is 0.230 e. The molecule has 116 valence electrons. The predicted octanol–water partition coefficient (Wildman–Crippen LogP) is 3.66. The van der Waals surface area contributed by atoms with Crippen LogP contribution in [0.4, 0.5) is 13.9 Å². The Morgan fingerprint density at radius 1 is 1.17 bits per heavy atom. The Morgan fingerprint density at radius 3 is 2.70 bits per heavy atom. The number of amides is 1. The van der Waals surface area contributed by atoms with Crippen LogP contribution in [0.3, 0.4) is 0 Å². The molecule has 0 atom stereocenters. The molecule has 0 saturated carbocycles. The first-order chi connectivity index (χ1) is 11.1. The van der Waals surface area contributed by atoms with Crippen LogP contribution >= 0.6 is 11.3 Å². The van der Waals surface area contributed by atoms with E-state index in [1.165, 1.54) is 17.4 Å². The van der Waals surface area contributed by atoms with Crippen LogP contribution in [0.2, 0.25) is 0 Å². The van der Waals surface area contributed by atoms with Crippen LogP contribution < -0.4 is 5.32 Å². The number of pyridine rings is 1. The molecule has 4 nitrogen and oxygen atoms in total. The molecule has 0 radical (unpaired) electrons. The zero-order valence-corrected chi connectivity index (χ0v) is 12.6. The standard InChI is InChI=1S/C16H11F2N3OS/c17-12-2-1-11(13(18)8-12)7-15(22)21-16-20-14(9-23-16)10-3-5-19-6-4-10/h1-6,8-9H,7H2,(H,20,21,22). The smallest absolute Gasteiger partial charge is 0.230 e. The molecule has 2 heterocycles. The number of carbonyl (C=O) groups excluding carboxylic acids is 1. The largest absolute Gasteiger partial charge is 0.302 e. The Labute approximate surface area is 134 Å². The Morgan fingerprint density at radius 2 is 1.96 bits per heavy atom. The third-order valence-electron chi connectivity index (χ3n) is 3.09. The molecule has 3 rings (SSSR count). The highest BCUT2D eigenvalue weighted by molar-refractivity contribution is 7.14. The van der Waals surface area contributed by atoms with E-state index < -0.39 is 17.5 Å². The molecule has 0 unspecified atom stereocenters. The van der Waals surface area contributed by atoms with Gasteiger partial charge in [0.2, 0.25) is 5.91 Å². The number of thiazole rings is 1. The lowest BCUT2D eigenvalue weighted by Crippen LogP contribution is -2.15. The first-order valence-electron chi connectivity index (χ1n) is 6.71. The van der Waals surface area contributed by atoms with Crippen molar-refractivity contribution in [3.05, 3.63) is 65.3 Å². The number of nitrogens with zero attached hydrogens (tertiary/aromatic N) is 2. The Balaban J connectivity index is 1.68. The van der Waals surface area contributed by atoms with Gasteiger partial charge in [-0.2, -0.15) is 0 Å². The molecule has 0 aliphatic carbocycles. The number of hydrogen-bond acceptors (Lipinski definition) is 4. The summed E-state index contributed by atoms with van der Waals surface area (Å²) >= 11 is 1.27. The van der Waals surface area contributed by atoms with E-state index in [1.54, 1.807) is 12.4 Å². The third kappa shape index (κ3) is 3.75. The van der Waals surface area contributed by atoms with Crippen LogP contribution in [0.15, 0.2) is 48.1 Å². The van der Waals surface area contributed by atoms with Gasteiger partial charge in [0, 0.05) is 29.4 Å². The lowest BCUT2D eigenvalue weighted by atomic mass is 10.1. The summed E-state index contributed by atoms with van der Waals surface area (Å²) in [4.78, 5) is 20.2. The average molecular weight is 331 g/mol. The average Bonchev–Trinajstić information content (AvgIpc) is 2.99. The molecule has 23 heavy (non-hydrogen) atoms. The Hall–Kier alpha value is -2.67. The first kappa shape index (κ1) is 15.2. The van der Waals surface area contributed by atoms with Gasteiger partial charge in [-0.1, -0.05) is 6.07 Å². The van der Waals surface area contributed by atoms with E-state index in [9.17, 15) is 13.6 Å². The number of benzene rings is 1. The second kappa shape index (κ2) is 6.62. The molecule has 0 spiro atoms. The molecule has 0 bridgehead atoms. The van der Waals surface area contributed by atoms with Crippen molar-refractivity contribution in [3.8, 4) is 11.3 Å². The van der Waals surface area contributed by atoms with Crippen LogP contribution in [0, 0.1) is 11.6 Å². The van der Waals surface area contributed by atoms with Gasteiger partial charge in [0.25, 0.3) is 0 Å². The second-order valence-corrected chi connectivity index (χ2v) is 5.59. The van der Waals surface area contributed by atoms with E-state index in [0.717, 1.165) is 23.4 Å². The number of halogens is 2. The minimum absolute atomic E-state index is 0.134. The predicted molar refractivity (Wildman–Crippen MR) is 84.0 cm³/mol. The normalized spacial score (nSPS) is 10.5. The van der Waals surface area contributed by atoms with Crippen molar-refractivity contribution in [3.63, 3.8) is 0 Å². The molecule has 7 heteroatoms.